The maximum Gasteiger partial charge on any atom is 0.341 e. The van der Waals surface area contributed by atoms with Crippen LogP contribution in [-0.4, -0.2) is 37.0 Å². The highest BCUT2D eigenvalue weighted by atomic mass is 19.1. The standard InChI is InChI=1S/C17H20FNO5/c1-23-11-9-12(24-2)15(17(21)22)16-14(11)10(8-13(20)19-16)6-4-3-5-7-18/h8-9H,3-7H2,1-2H3,(H,19,20)(H,21,22). The van der Waals surface area contributed by atoms with Gasteiger partial charge in [-0.2, -0.15) is 0 Å². The summed E-state index contributed by atoms with van der Waals surface area (Å²) in [6.07, 6.45) is 2.38. The van der Waals surface area contributed by atoms with Crippen molar-refractivity contribution < 1.29 is 23.8 Å². The number of aromatic amines is 1. The highest BCUT2D eigenvalue weighted by Gasteiger charge is 2.22. The number of unbranched alkanes of at least 4 members (excludes halogenated alkanes) is 2. The van der Waals surface area contributed by atoms with Gasteiger partial charge in [0, 0.05) is 17.5 Å². The number of aryl methyl sites for hydroxylation is 1. The number of halogens is 1. The first-order chi connectivity index (χ1) is 11.5. The molecule has 0 aliphatic rings. The van der Waals surface area contributed by atoms with Gasteiger partial charge < -0.3 is 19.6 Å². The first-order valence-electron chi connectivity index (χ1n) is 7.63. The van der Waals surface area contributed by atoms with Crippen LogP contribution in [-0.2, 0) is 6.42 Å². The van der Waals surface area contributed by atoms with Crippen LogP contribution < -0.4 is 15.0 Å². The van der Waals surface area contributed by atoms with Gasteiger partial charge in [-0.05, 0) is 24.8 Å². The number of hydrogen-bond acceptors (Lipinski definition) is 4. The van der Waals surface area contributed by atoms with Crippen molar-refractivity contribution in [3.8, 4) is 11.5 Å². The van der Waals surface area contributed by atoms with E-state index in [9.17, 15) is 19.1 Å². The average Bonchev–Trinajstić information content (AvgIpc) is 2.56. The third-order valence-electron chi connectivity index (χ3n) is 3.86. The predicted molar refractivity (Wildman–Crippen MR) is 88.2 cm³/mol. The Morgan fingerprint density at radius 2 is 1.88 bits per heavy atom. The molecule has 0 aliphatic heterocycles. The first kappa shape index (κ1) is 17.8. The lowest BCUT2D eigenvalue weighted by atomic mass is 9.99. The molecular formula is C17H20FNO5. The van der Waals surface area contributed by atoms with Crippen LogP contribution in [0.2, 0.25) is 0 Å². The smallest absolute Gasteiger partial charge is 0.341 e. The Hall–Kier alpha value is -2.57. The predicted octanol–water partition coefficient (Wildman–Crippen LogP) is 2.93. The number of fused-ring (bicyclic) bond motifs is 1. The summed E-state index contributed by atoms with van der Waals surface area (Å²) < 4.78 is 22.7. The van der Waals surface area contributed by atoms with Crippen LogP contribution in [0, 0.1) is 0 Å². The van der Waals surface area contributed by atoms with Crippen LogP contribution in [0.5, 0.6) is 11.5 Å². The number of ether oxygens (including phenoxy) is 2. The molecule has 2 rings (SSSR count). The number of aromatic carboxylic acids is 1. The quantitative estimate of drug-likeness (QED) is 0.723. The van der Waals surface area contributed by atoms with Crippen molar-refractivity contribution in [2.45, 2.75) is 25.7 Å². The number of pyridine rings is 1. The molecule has 0 atom stereocenters. The minimum Gasteiger partial charge on any atom is -0.496 e. The average molecular weight is 337 g/mol. The second-order valence-electron chi connectivity index (χ2n) is 5.37. The molecule has 0 bridgehead atoms. The van der Waals surface area contributed by atoms with E-state index in [2.05, 4.69) is 4.98 Å². The van der Waals surface area contributed by atoms with Crippen molar-refractivity contribution >= 4 is 16.9 Å². The molecule has 0 fully saturated rings. The fourth-order valence-electron chi connectivity index (χ4n) is 2.79. The van der Waals surface area contributed by atoms with Crippen LogP contribution in [0.15, 0.2) is 16.9 Å². The fourth-order valence-corrected chi connectivity index (χ4v) is 2.79. The Kier molecular flexibility index (Phi) is 5.78. The monoisotopic (exact) mass is 337 g/mol. The molecule has 24 heavy (non-hydrogen) atoms. The molecule has 0 saturated carbocycles. The zero-order chi connectivity index (χ0) is 17.7. The number of rotatable bonds is 8. The van der Waals surface area contributed by atoms with Crippen molar-refractivity contribution in [2.75, 3.05) is 20.9 Å². The largest absolute Gasteiger partial charge is 0.496 e. The number of carboxylic acids is 1. The maximum absolute atomic E-state index is 12.2. The van der Waals surface area contributed by atoms with Crippen molar-refractivity contribution in [1.29, 1.82) is 0 Å². The molecule has 0 radical (unpaired) electrons. The fraction of sp³-hybridized carbons (Fsp3) is 0.412. The lowest BCUT2D eigenvalue weighted by Gasteiger charge is -2.15. The van der Waals surface area contributed by atoms with E-state index < -0.39 is 11.5 Å². The van der Waals surface area contributed by atoms with Gasteiger partial charge in [-0.15, -0.1) is 0 Å². The number of H-pyrrole nitrogens is 1. The van der Waals surface area contributed by atoms with Crippen molar-refractivity contribution in [2.24, 2.45) is 0 Å². The van der Waals surface area contributed by atoms with Crippen molar-refractivity contribution in [1.82, 2.24) is 4.98 Å². The number of benzene rings is 1. The number of alkyl halides is 1. The number of aromatic nitrogens is 1. The van der Waals surface area contributed by atoms with E-state index in [1.165, 1.54) is 26.4 Å². The molecule has 0 aliphatic carbocycles. The summed E-state index contributed by atoms with van der Waals surface area (Å²) >= 11 is 0. The Morgan fingerprint density at radius 1 is 1.17 bits per heavy atom. The molecule has 7 heteroatoms. The zero-order valence-corrected chi connectivity index (χ0v) is 13.6. The number of carboxylic acid groups (broad SMARTS) is 1. The second-order valence-corrected chi connectivity index (χ2v) is 5.37. The first-order valence-corrected chi connectivity index (χ1v) is 7.63. The third kappa shape index (κ3) is 3.50. The molecule has 0 unspecified atom stereocenters. The van der Waals surface area contributed by atoms with Gasteiger partial charge in [0.05, 0.1) is 26.4 Å². The lowest BCUT2D eigenvalue weighted by molar-refractivity contribution is 0.0695. The minimum absolute atomic E-state index is 0.108. The van der Waals surface area contributed by atoms with Gasteiger partial charge in [0.15, 0.2) is 0 Å². The van der Waals surface area contributed by atoms with Crippen LogP contribution in [0.25, 0.3) is 10.9 Å². The number of carbonyl (C=O) groups is 1. The Balaban J connectivity index is 2.69. The number of methoxy groups -OCH3 is 2. The van der Waals surface area contributed by atoms with Gasteiger partial charge in [-0.25, -0.2) is 4.79 Å². The van der Waals surface area contributed by atoms with Crippen LogP contribution in [0.3, 0.4) is 0 Å². The summed E-state index contributed by atoms with van der Waals surface area (Å²) in [5.41, 5.74) is 0.332. The van der Waals surface area contributed by atoms with E-state index in [1.807, 2.05) is 0 Å². The summed E-state index contributed by atoms with van der Waals surface area (Å²) in [6.45, 7) is -0.375. The van der Waals surface area contributed by atoms with E-state index in [0.717, 1.165) is 0 Å². The molecular weight excluding hydrogens is 317 g/mol. The summed E-state index contributed by atoms with van der Waals surface area (Å²) in [4.78, 5) is 26.2. The highest BCUT2D eigenvalue weighted by molar-refractivity contribution is 6.07. The van der Waals surface area contributed by atoms with Crippen LogP contribution in [0.4, 0.5) is 4.39 Å². The summed E-state index contributed by atoms with van der Waals surface area (Å²) in [5, 5.41) is 10.0. The van der Waals surface area contributed by atoms with Crippen molar-refractivity contribution in [3.63, 3.8) is 0 Å². The molecule has 1 heterocycles. The minimum atomic E-state index is -1.20. The van der Waals surface area contributed by atoms with E-state index in [4.69, 9.17) is 9.47 Å². The molecule has 2 aromatic rings. The van der Waals surface area contributed by atoms with E-state index >= 15 is 0 Å². The Morgan fingerprint density at radius 3 is 2.46 bits per heavy atom. The van der Waals surface area contributed by atoms with E-state index in [1.54, 1.807) is 0 Å². The highest BCUT2D eigenvalue weighted by Crippen LogP contribution is 2.36. The maximum atomic E-state index is 12.2. The number of nitrogens with one attached hydrogen (secondary N) is 1. The SMILES string of the molecule is COc1cc(OC)c2c(CCCCCF)cc(=O)[nH]c2c1C(=O)O. The van der Waals surface area contributed by atoms with E-state index in [0.29, 0.717) is 42.4 Å². The summed E-state index contributed by atoms with van der Waals surface area (Å²) in [7, 11) is 2.82. The lowest BCUT2D eigenvalue weighted by Crippen LogP contribution is -2.12. The van der Waals surface area contributed by atoms with Crippen LogP contribution >= 0.6 is 0 Å². The van der Waals surface area contributed by atoms with Crippen LogP contribution in [0.1, 0.15) is 35.2 Å². The molecule has 2 N–H and O–H groups in total. The molecule has 0 saturated heterocycles. The van der Waals surface area contributed by atoms with E-state index in [-0.39, 0.29) is 23.5 Å². The van der Waals surface area contributed by atoms with Gasteiger partial charge in [-0.3, -0.25) is 9.18 Å². The third-order valence-corrected chi connectivity index (χ3v) is 3.86. The second kappa shape index (κ2) is 7.81. The Bertz CT molecular complexity index is 800. The van der Waals surface area contributed by atoms with Gasteiger partial charge in [0.2, 0.25) is 5.56 Å². The zero-order valence-electron chi connectivity index (χ0n) is 13.6. The Labute approximate surface area is 138 Å². The molecule has 1 aromatic heterocycles. The molecule has 130 valence electrons. The normalized spacial score (nSPS) is 10.8. The molecule has 0 spiro atoms. The van der Waals surface area contributed by atoms with Gasteiger partial charge in [-0.1, -0.05) is 6.42 Å². The van der Waals surface area contributed by atoms with Crippen molar-refractivity contribution in [3.05, 3.63) is 33.6 Å². The summed E-state index contributed by atoms with van der Waals surface area (Å²) in [5.74, 6) is -0.676. The molecule has 6 nitrogen and oxygen atoms in total. The van der Waals surface area contributed by atoms with Gasteiger partial charge >= 0.3 is 5.97 Å². The topological polar surface area (TPSA) is 88.6 Å². The molecule has 1 aromatic carbocycles. The van der Waals surface area contributed by atoms with Gasteiger partial charge in [0.25, 0.3) is 0 Å². The van der Waals surface area contributed by atoms with Gasteiger partial charge in [0.1, 0.15) is 17.1 Å². The summed E-state index contributed by atoms with van der Waals surface area (Å²) in [6, 6.07) is 2.92. The molecule has 0 amide bonds. The number of hydrogen-bond donors (Lipinski definition) is 2.